The first-order chi connectivity index (χ1) is 5.50. The molecule has 0 aromatic heterocycles. The molecule has 0 N–H and O–H groups in total. The predicted octanol–water partition coefficient (Wildman–Crippen LogP) is -6.10. The first-order valence-corrected chi connectivity index (χ1v) is 3.58. The fraction of sp³-hybridized carbons (Fsp3) is 0. The third-order valence-corrected chi connectivity index (χ3v) is 1.16. The molecule has 4 heteroatoms. The molecule has 0 atom stereocenters. The van der Waals surface area contributed by atoms with Gasteiger partial charge in [0.15, 0.2) is 0 Å². The zero-order chi connectivity index (χ0) is 7.78. The molecule has 2 aromatic rings. The molecule has 0 aliphatic heterocycles. The van der Waals surface area contributed by atoms with Crippen molar-refractivity contribution < 1.29 is 63.4 Å². The molecule has 0 aliphatic carbocycles. The average Bonchev–Trinajstić information content (AvgIpc) is 2.64. The van der Waals surface area contributed by atoms with E-state index in [4.69, 9.17) is 0 Å². The van der Waals surface area contributed by atoms with E-state index in [1.807, 2.05) is 60.7 Å². The Kier molecular flexibility index (Phi) is 32.4. The molecule has 0 nitrogen and oxygen atoms in total. The van der Waals surface area contributed by atoms with Crippen molar-refractivity contribution >= 4 is 0 Å². The summed E-state index contributed by atoms with van der Waals surface area (Å²) in [5.41, 5.74) is 0. The van der Waals surface area contributed by atoms with Gasteiger partial charge >= 0.3 is 26.2 Å². The van der Waals surface area contributed by atoms with Gasteiger partial charge in [0, 0.05) is 0 Å². The minimum absolute atomic E-state index is 0. The molecule has 1 radical (unpaired) electrons. The second-order valence-electron chi connectivity index (χ2n) is 2.04. The third-order valence-electron chi connectivity index (χ3n) is 1.16. The fourth-order valence-electron chi connectivity index (χ4n) is 0.663. The standard InChI is InChI=1S/C6H5.C5H5.3ClH.Zr/c1-2-4-6-5-3-1;1-2-4-5-3-1;;;;/h1-5H;1-5H;3*1H;/q2*-1;;;;+3/p-3. The zero-order valence-electron chi connectivity index (χ0n) is 7.91. The van der Waals surface area contributed by atoms with Crippen LogP contribution in [0.2, 0.25) is 0 Å². The van der Waals surface area contributed by atoms with E-state index in [-0.39, 0.29) is 63.4 Å². The van der Waals surface area contributed by atoms with E-state index in [0.717, 1.165) is 0 Å². The van der Waals surface area contributed by atoms with Crippen LogP contribution in [-0.4, -0.2) is 0 Å². The number of rotatable bonds is 0. The number of halogens is 3. The minimum atomic E-state index is 0. The van der Waals surface area contributed by atoms with Gasteiger partial charge < -0.3 is 37.2 Å². The molecule has 0 heterocycles. The maximum Gasteiger partial charge on any atom is 3.00 e. The van der Waals surface area contributed by atoms with Crippen molar-refractivity contribution in [2.45, 2.75) is 0 Å². The van der Waals surface area contributed by atoms with E-state index in [1.165, 1.54) is 0 Å². The van der Waals surface area contributed by atoms with Crippen LogP contribution in [0.4, 0.5) is 0 Å². The molecule has 15 heavy (non-hydrogen) atoms. The van der Waals surface area contributed by atoms with Gasteiger partial charge in [-0.15, -0.1) is 0 Å². The van der Waals surface area contributed by atoms with Gasteiger partial charge in [0.2, 0.25) is 0 Å². The molecule has 0 saturated heterocycles. The summed E-state index contributed by atoms with van der Waals surface area (Å²) in [5, 5.41) is 0. The number of hydrogen-bond acceptors (Lipinski definition) is 0. The number of hydrogen-bond donors (Lipinski definition) is 0. The zero-order valence-corrected chi connectivity index (χ0v) is 12.6. The molecule has 2 aromatic carbocycles. The van der Waals surface area contributed by atoms with Crippen LogP contribution >= 0.6 is 0 Å². The summed E-state index contributed by atoms with van der Waals surface area (Å²) in [6.45, 7) is 0. The molecule has 81 valence electrons. The first kappa shape index (κ1) is 24.5. The Bertz CT molecular complexity index is 202. The molecule has 0 fully saturated rings. The van der Waals surface area contributed by atoms with Gasteiger partial charge in [-0.1, -0.05) is 0 Å². The number of benzene rings is 1. The SMILES string of the molecule is [Cl-].[Cl-].[Cl-].[Zr+3].[c-]1ccccc1.c1cc[cH-]c1. The van der Waals surface area contributed by atoms with Crippen LogP contribution in [0.15, 0.2) is 60.7 Å². The van der Waals surface area contributed by atoms with Crippen LogP contribution in [0.3, 0.4) is 0 Å². The van der Waals surface area contributed by atoms with E-state index >= 15 is 0 Å². The molecular formula is C11H10Cl3Zr-2. The molecule has 0 saturated carbocycles. The van der Waals surface area contributed by atoms with Crippen LogP contribution in [0.25, 0.3) is 0 Å². The van der Waals surface area contributed by atoms with Gasteiger partial charge in [0.05, 0.1) is 0 Å². The van der Waals surface area contributed by atoms with Gasteiger partial charge in [0.25, 0.3) is 0 Å². The minimum Gasteiger partial charge on any atom is -1.00 e. The maximum absolute atomic E-state index is 2.89. The second kappa shape index (κ2) is 19.8. The normalized spacial score (nSPS) is 5.87. The van der Waals surface area contributed by atoms with Crippen LogP contribution in [0.1, 0.15) is 0 Å². The van der Waals surface area contributed by atoms with E-state index in [9.17, 15) is 0 Å². The summed E-state index contributed by atoms with van der Waals surface area (Å²) < 4.78 is 0. The Morgan fingerprint density at radius 2 is 1.13 bits per heavy atom. The van der Waals surface area contributed by atoms with Crippen LogP contribution < -0.4 is 37.2 Å². The maximum atomic E-state index is 2.89. The molecular weight excluding hydrogens is 330 g/mol. The Morgan fingerprint density at radius 1 is 0.667 bits per heavy atom. The third kappa shape index (κ3) is 17.0. The van der Waals surface area contributed by atoms with Crippen LogP contribution in [0.5, 0.6) is 0 Å². The molecule has 0 unspecified atom stereocenters. The second-order valence-corrected chi connectivity index (χ2v) is 2.04. The van der Waals surface area contributed by atoms with E-state index in [0.29, 0.717) is 0 Å². The average molecular weight is 340 g/mol. The Balaban J connectivity index is -0.0000000642. The summed E-state index contributed by atoms with van der Waals surface area (Å²) in [4.78, 5) is 0. The molecule has 2 rings (SSSR count). The van der Waals surface area contributed by atoms with Crippen LogP contribution in [0, 0.1) is 6.07 Å². The van der Waals surface area contributed by atoms with Gasteiger partial charge in [-0.2, -0.15) is 54.6 Å². The summed E-state index contributed by atoms with van der Waals surface area (Å²) >= 11 is 0. The van der Waals surface area contributed by atoms with E-state index in [2.05, 4.69) is 6.07 Å². The Labute approximate surface area is 129 Å². The van der Waals surface area contributed by atoms with E-state index < -0.39 is 0 Å². The predicted molar refractivity (Wildman–Crippen MR) is 47.3 cm³/mol. The van der Waals surface area contributed by atoms with Crippen molar-refractivity contribution in [2.75, 3.05) is 0 Å². The van der Waals surface area contributed by atoms with Crippen molar-refractivity contribution in [1.82, 2.24) is 0 Å². The Hall–Kier alpha value is 0.323. The molecule has 0 spiro atoms. The summed E-state index contributed by atoms with van der Waals surface area (Å²) in [6, 6.07) is 22.5. The van der Waals surface area contributed by atoms with E-state index in [1.54, 1.807) is 0 Å². The summed E-state index contributed by atoms with van der Waals surface area (Å²) in [7, 11) is 0. The summed E-state index contributed by atoms with van der Waals surface area (Å²) in [6.07, 6.45) is 0. The fourth-order valence-corrected chi connectivity index (χ4v) is 0.663. The largest absolute Gasteiger partial charge is 3.00 e. The monoisotopic (exact) mass is 337 g/mol. The van der Waals surface area contributed by atoms with Crippen molar-refractivity contribution in [3.63, 3.8) is 0 Å². The van der Waals surface area contributed by atoms with Crippen molar-refractivity contribution in [3.8, 4) is 0 Å². The van der Waals surface area contributed by atoms with Crippen LogP contribution in [-0.2, 0) is 26.2 Å². The van der Waals surface area contributed by atoms with Gasteiger partial charge in [-0.3, -0.25) is 0 Å². The molecule has 0 amide bonds. The van der Waals surface area contributed by atoms with Crippen molar-refractivity contribution in [3.05, 3.63) is 66.7 Å². The molecule has 0 bridgehead atoms. The van der Waals surface area contributed by atoms with Crippen molar-refractivity contribution in [1.29, 1.82) is 0 Å². The van der Waals surface area contributed by atoms with Gasteiger partial charge in [0.1, 0.15) is 0 Å². The topological polar surface area (TPSA) is 0 Å². The first-order valence-electron chi connectivity index (χ1n) is 3.58. The van der Waals surface area contributed by atoms with Gasteiger partial charge in [-0.25, -0.2) is 12.1 Å². The molecule has 0 aliphatic rings. The Morgan fingerprint density at radius 3 is 1.27 bits per heavy atom. The summed E-state index contributed by atoms with van der Waals surface area (Å²) in [5.74, 6) is 0. The van der Waals surface area contributed by atoms with Gasteiger partial charge in [-0.05, 0) is 0 Å². The smallest absolute Gasteiger partial charge is 1.00 e. The quantitative estimate of drug-likeness (QED) is 0.419. The van der Waals surface area contributed by atoms with Crippen molar-refractivity contribution in [2.24, 2.45) is 0 Å².